The zero-order valence-corrected chi connectivity index (χ0v) is 19.7. The molecule has 1 unspecified atom stereocenters. The van der Waals surface area contributed by atoms with Gasteiger partial charge in [-0.15, -0.1) is 0 Å². The minimum absolute atomic E-state index is 0.377. The highest BCUT2D eigenvalue weighted by Crippen LogP contribution is 2.36. The van der Waals surface area contributed by atoms with E-state index in [2.05, 4.69) is 45.0 Å². The predicted molar refractivity (Wildman–Crippen MR) is 128 cm³/mol. The monoisotopic (exact) mass is 436 g/mol. The van der Waals surface area contributed by atoms with Gasteiger partial charge in [0.25, 0.3) is 0 Å². The number of benzene rings is 3. The van der Waals surface area contributed by atoms with Gasteiger partial charge in [-0.3, -0.25) is 4.52 Å². The first-order valence-corrected chi connectivity index (χ1v) is 11.7. The van der Waals surface area contributed by atoms with E-state index >= 15 is 0 Å². The molecule has 0 aliphatic rings. The van der Waals surface area contributed by atoms with E-state index in [1.54, 1.807) is 0 Å². The molecule has 1 aromatic heterocycles. The third-order valence-electron chi connectivity index (χ3n) is 5.54. The zero-order chi connectivity index (χ0) is 22.1. The number of fused-ring (bicyclic) bond motifs is 3. The van der Waals surface area contributed by atoms with Gasteiger partial charge in [-0.05, 0) is 93.5 Å². The lowest BCUT2D eigenvalue weighted by Gasteiger charge is -2.07. The maximum absolute atomic E-state index is 9.96. The van der Waals surface area contributed by atoms with Crippen LogP contribution in [-0.2, 0) is 6.42 Å². The van der Waals surface area contributed by atoms with E-state index in [0.717, 1.165) is 51.5 Å². The molecule has 0 aliphatic carbocycles. The molecule has 4 aromatic rings. The van der Waals surface area contributed by atoms with Crippen molar-refractivity contribution in [2.24, 2.45) is 0 Å². The molecule has 0 saturated heterocycles. The number of phenolic OH excluding ortho intramolecular Hbond substituents is 1. The van der Waals surface area contributed by atoms with Crippen molar-refractivity contribution in [3.05, 3.63) is 75.8 Å². The summed E-state index contributed by atoms with van der Waals surface area (Å²) < 4.78 is 18.5. The number of aryl methyl sites for hydroxylation is 6. The molecule has 0 bridgehead atoms. The average molecular weight is 436 g/mol. The lowest BCUT2D eigenvalue weighted by atomic mass is 10.0. The molecule has 0 saturated carbocycles. The smallest absolute Gasteiger partial charge is 0.387 e. The van der Waals surface area contributed by atoms with Crippen LogP contribution < -0.4 is 4.52 Å². The van der Waals surface area contributed by atoms with Crippen LogP contribution in [0, 0.1) is 34.6 Å². The highest BCUT2D eigenvalue weighted by Gasteiger charge is 2.11. The molecular weight excluding hydrogens is 407 g/mol. The molecule has 0 spiro atoms. The van der Waals surface area contributed by atoms with E-state index < -0.39 is 8.24 Å². The largest absolute Gasteiger partial charge is 0.507 e. The van der Waals surface area contributed by atoms with Gasteiger partial charge < -0.3 is 13.5 Å². The number of rotatable bonds is 5. The van der Waals surface area contributed by atoms with Gasteiger partial charge in [-0.25, -0.2) is 0 Å². The molecule has 5 heteroatoms. The first-order valence-electron chi connectivity index (χ1n) is 10.6. The molecule has 31 heavy (non-hydrogen) atoms. The fraction of sp³-hybridized carbons (Fsp3) is 0.308. The zero-order valence-electron chi connectivity index (χ0n) is 18.8. The number of hydrogen-bond donors (Lipinski definition) is 1. The van der Waals surface area contributed by atoms with Crippen LogP contribution in [0.4, 0.5) is 0 Å². The van der Waals surface area contributed by atoms with Crippen molar-refractivity contribution in [3.8, 4) is 5.75 Å². The predicted octanol–water partition coefficient (Wildman–Crippen LogP) is 7.60. The highest BCUT2D eigenvalue weighted by atomic mass is 31.1. The normalized spacial score (nSPS) is 12.0. The summed E-state index contributed by atoms with van der Waals surface area (Å²) in [5, 5.41) is 12.1. The molecule has 0 radical (unpaired) electrons. The molecule has 0 amide bonds. The molecule has 3 aromatic carbocycles. The quantitative estimate of drug-likeness (QED) is 0.327. The van der Waals surface area contributed by atoms with Crippen LogP contribution in [0.15, 0.2) is 50.9 Å². The Bertz CT molecular complexity index is 1280. The molecule has 0 fully saturated rings. The Kier molecular flexibility index (Phi) is 6.13. The standard InChI is InChI=1S/C26H29O4P/c1-16-8-9-24-22(12-16)23-13-17(2)11-20(5)26(23)30-31(29-24)28-10-6-7-21-14-18(3)25(27)19(4)15-21/h8-9,11-15,27H,6-7,10H2,1-5H3. The Morgan fingerprint density at radius 1 is 0.806 bits per heavy atom. The van der Waals surface area contributed by atoms with Crippen molar-refractivity contribution >= 4 is 30.2 Å². The topological polar surface area (TPSA) is 55.7 Å². The van der Waals surface area contributed by atoms with Crippen molar-refractivity contribution in [2.75, 3.05) is 6.61 Å². The average Bonchev–Trinajstić information content (AvgIpc) is 2.86. The highest BCUT2D eigenvalue weighted by molar-refractivity contribution is 7.31. The maximum atomic E-state index is 9.96. The molecule has 1 N–H and O–H groups in total. The summed E-state index contributed by atoms with van der Waals surface area (Å²) in [6.45, 7) is 10.6. The first kappa shape index (κ1) is 21.5. The van der Waals surface area contributed by atoms with Gasteiger partial charge in [0.2, 0.25) is 0 Å². The molecule has 4 nitrogen and oxygen atoms in total. The summed E-state index contributed by atoms with van der Waals surface area (Å²) in [7, 11) is -1.55. The summed E-state index contributed by atoms with van der Waals surface area (Å²) in [5.41, 5.74) is 8.10. The summed E-state index contributed by atoms with van der Waals surface area (Å²) in [5.74, 6) is 0.377. The fourth-order valence-corrected chi connectivity index (χ4v) is 5.17. The van der Waals surface area contributed by atoms with Crippen LogP contribution in [0.5, 0.6) is 5.75 Å². The summed E-state index contributed by atoms with van der Waals surface area (Å²) in [6.07, 6.45) is 1.71. The van der Waals surface area contributed by atoms with E-state index in [-0.39, 0.29) is 0 Å². The van der Waals surface area contributed by atoms with Gasteiger partial charge in [0, 0.05) is 10.8 Å². The molecule has 162 valence electrons. The third-order valence-corrected chi connectivity index (χ3v) is 6.61. The van der Waals surface area contributed by atoms with Crippen LogP contribution in [0.1, 0.15) is 39.8 Å². The number of phenols is 1. The minimum Gasteiger partial charge on any atom is -0.507 e. The van der Waals surface area contributed by atoms with Gasteiger partial charge >= 0.3 is 8.24 Å². The fourth-order valence-electron chi connectivity index (χ4n) is 4.04. The lowest BCUT2D eigenvalue weighted by Crippen LogP contribution is -1.98. The lowest BCUT2D eigenvalue weighted by molar-refractivity contribution is 0.364. The number of aromatic hydroxyl groups is 1. The van der Waals surface area contributed by atoms with Gasteiger partial charge in [0.1, 0.15) is 16.9 Å². The van der Waals surface area contributed by atoms with Crippen LogP contribution >= 0.6 is 8.24 Å². The second-order valence-corrected chi connectivity index (χ2v) is 9.45. The van der Waals surface area contributed by atoms with E-state index in [4.69, 9.17) is 12.9 Å². The van der Waals surface area contributed by atoms with Gasteiger partial charge in [0.05, 0.1) is 6.61 Å². The van der Waals surface area contributed by atoms with Gasteiger partial charge in [-0.1, -0.05) is 29.8 Å². The maximum Gasteiger partial charge on any atom is 0.387 e. The van der Waals surface area contributed by atoms with Crippen LogP contribution in [0.2, 0.25) is 0 Å². The molecule has 4 rings (SSSR count). The number of hydrogen-bond acceptors (Lipinski definition) is 4. The molecular formula is C26H29O4P. The SMILES string of the molecule is Cc1ccc2op(OCCCc3cc(C)c(O)c(C)c3)oc3c(C)cc(C)cc3c2c1. The minimum atomic E-state index is -1.55. The summed E-state index contributed by atoms with van der Waals surface area (Å²) in [6, 6.07) is 14.5. The Morgan fingerprint density at radius 3 is 2.26 bits per heavy atom. The summed E-state index contributed by atoms with van der Waals surface area (Å²) >= 11 is 0. The first-order chi connectivity index (χ1) is 14.8. The summed E-state index contributed by atoms with van der Waals surface area (Å²) in [4.78, 5) is 0. The van der Waals surface area contributed by atoms with E-state index in [1.165, 1.54) is 16.7 Å². The van der Waals surface area contributed by atoms with E-state index in [1.807, 2.05) is 32.0 Å². The van der Waals surface area contributed by atoms with Crippen LogP contribution in [0.25, 0.3) is 21.9 Å². The third kappa shape index (κ3) is 4.66. The molecule has 1 atom stereocenters. The van der Waals surface area contributed by atoms with Crippen molar-refractivity contribution in [3.63, 3.8) is 0 Å². The second kappa shape index (κ2) is 8.82. The Balaban J connectivity index is 1.62. The van der Waals surface area contributed by atoms with Crippen molar-refractivity contribution in [2.45, 2.75) is 47.5 Å². The van der Waals surface area contributed by atoms with Gasteiger partial charge in [0.15, 0.2) is 0 Å². The Labute approximate surface area is 184 Å². The van der Waals surface area contributed by atoms with Crippen molar-refractivity contribution < 1.29 is 18.0 Å². The van der Waals surface area contributed by atoms with Gasteiger partial charge in [-0.2, -0.15) is 0 Å². The Hall–Kier alpha value is -2.68. The van der Waals surface area contributed by atoms with Crippen molar-refractivity contribution in [1.29, 1.82) is 0 Å². The van der Waals surface area contributed by atoms with E-state index in [0.29, 0.717) is 12.4 Å². The van der Waals surface area contributed by atoms with E-state index in [9.17, 15) is 5.11 Å². The molecule has 0 aliphatic heterocycles. The Morgan fingerprint density at radius 2 is 1.52 bits per heavy atom. The van der Waals surface area contributed by atoms with Crippen LogP contribution in [-0.4, -0.2) is 11.7 Å². The molecule has 1 heterocycles. The van der Waals surface area contributed by atoms with Crippen LogP contribution in [0.3, 0.4) is 0 Å². The second-order valence-electron chi connectivity index (χ2n) is 8.38. The van der Waals surface area contributed by atoms with Crippen molar-refractivity contribution in [1.82, 2.24) is 0 Å².